The van der Waals surface area contributed by atoms with Crippen molar-refractivity contribution >= 4 is 29.9 Å². The maximum Gasteiger partial charge on any atom is 0.191 e. The largest absolute Gasteiger partial charge is 0.379 e. The molecule has 0 spiro atoms. The van der Waals surface area contributed by atoms with Gasteiger partial charge in [0, 0.05) is 46.0 Å². The second kappa shape index (κ2) is 12.4. The standard InChI is InChI=1S/C22H33FN6O.HI/c1-16-20(17(2)28(4)27-16)9-10-25-22(24-3)26-15-21(29-11-13-30-14-12-29)18-5-7-19(23)8-6-18;/h5-8,21H,9-15H2,1-4H3,(H2,24,25,26);1H. The maximum atomic E-state index is 13.4. The van der Waals surface area contributed by atoms with Gasteiger partial charge < -0.3 is 15.4 Å². The normalized spacial score (nSPS) is 16.0. The number of aliphatic imine (C=N–C) groups is 1. The van der Waals surface area contributed by atoms with Crippen molar-refractivity contribution in [2.45, 2.75) is 26.3 Å². The highest BCUT2D eigenvalue weighted by molar-refractivity contribution is 14.0. The van der Waals surface area contributed by atoms with Gasteiger partial charge in [-0.15, -0.1) is 24.0 Å². The van der Waals surface area contributed by atoms with Crippen molar-refractivity contribution in [1.82, 2.24) is 25.3 Å². The molecule has 1 aromatic carbocycles. The van der Waals surface area contributed by atoms with Crippen molar-refractivity contribution in [2.24, 2.45) is 12.0 Å². The molecule has 1 saturated heterocycles. The molecule has 0 bridgehead atoms. The first-order valence-corrected chi connectivity index (χ1v) is 10.5. The molecule has 9 heteroatoms. The van der Waals surface area contributed by atoms with Crippen molar-refractivity contribution in [2.75, 3.05) is 46.4 Å². The second-order valence-electron chi connectivity index (χ2n) is 7.62. The lowest BCUT2D eigenvalue weighted by Gasteiger charge is -2.35. The molecule has 2 N–H and O–H groups in total. The van der Waals surface area contributed by atoms with Gasteiger partial charge in [0.2, 0.25) is 0 Å². The predicted octanol–water partition coefficient (Wildman–Crippen LogP) is 2.58. The summed E-state index contributed by atoms with van der Waals surface area (Å²) in [5, 5.41) is 11.3. The first-order valence-electron chi connectivity index (χ1n) is 10.5. The van der Waals surface area contributed by atoms with Gasteiger partial charge in [0.15, 0.2) is 5.96 Å². The monoisotopic (exact) mass is 544 g/mol. The lowest BCUT2D eigenvalue weighted by Crippen LogP contribution is -2.46. The van der Waals surface area contributed by atoms with Gasteiger partial charge in [0.25, 0.3) is 0 Å². The summed E-state index contributed by atoms with van der Waals surface area (Å²) >= 11 is 0. The van der Waals surface area contributed by atoms with E-state index in [4.69, 9.17) is 4.74 Å². The number of hydrogen-bond donors (Lipinski definition) is 2. The first-order chi connectivity index (χ1) is 14.5. The number of benzene rings is 1. The Bertz CT molecular complexity index is 848. The Morgan fingerprint density at radius 3 is 2.45 bits per heavy atom. The number of aryl methyl sites for hydroxylation is 2. The number of halogens is 2. The highest BCUT2D eigenvalue weighted by Crippen LogP contribution is 2.21. The minimum Gasteiger partial charge on any atom is -0.379 e. The Morgan fingerprint density at radius 1 is 1.19 bits per heavy atom. The van der Waals surface area contributed by atoms with E-state index in [2.05, 4.69) is 32.5 Å². The molecule has 172 valence electrons. The Morgan fingerprint density at radius 2 is 1.87 bits per heavy atom. The first kappa shape index (κ1) is 25.5. The number of nitrogens with zero attached hydrogens (tertiary/aromatic N) is 4. The lowest BCUT2D eigenvalue weighted by molar-refractivity contribution is 0.0170. The van der Waals surface area contributed by atoms with Crippen LogP contribution in [0.25, 0.3) is 0 Å². The smallest absolute Gasteiger partial charge is 0.191 e. The molecule has 7 nitrogen and oxygen atoms in total. The zero-order valence-electron chi connectivity index (χ0n) is 18.8. The van der Waals surface area contributed by atoms with Crippen LogP contribution in [0.1, 0.15) is 28.6 Å². The molecule has 1 aliphatic heterocycles. The minimum absolute atomic E-state index is 0. The van der Waals surface area contributed by atoms with Crippen LogP contribution in [-0.2, 0) is 18.2 Å². The van der Waals surface area contributed by atoms with E-state index in [1.54, 1.807) is 7.05 Å². The second-order valence-corrected chi connectivity index (χ2v) is 7.62. The van der Waals surface area contributed by atoms with Crippen LogP contribution in [-0.4, -0.2) is 67.1 Å². The summed E-state index contributed by atoms with van der Waals surface area (Å²) in [5.74, 6) is 0.542. The minimum atomic E-state index is -0.217. The summed E-state index contributed by atoms with van der Waals surface area (Å²) in [7, 11) is 3.75. The lowest BCUT2D eigenvalue weighted by atomic mass is 10.0. The Kier molecular flexibility index (Phi) is 10.2. The molecule has 31 heavy (non-hydrogen) atoms. The van der Waals surface area contributed by atoms with Gasteiger partial charge in [-0.2, -0.15) is 5.10 Å². The fraction of sp³-hybridized carbons (Fsp3) is 0.545. The number of hydrogen-bond acceptors (Lipinski definition) is 4. The summed E-state index contributed by atoms with van der Waals surface area (Å²) in [5.41, 5.74) is 4.63. The highest BCUT2D eigenvalue weighted by atomic mass is 127. The van der Waals surface area contributed by atoms with E-state index in [-0.39, 0.29) is 35.8 Å². The molecular weight excluding hydrogens is 510 g/mol. The van der Waals surface area contributed by atoms with Gasteiger partial charge in [0.05, 0.1) is 24.9 Å². The van der Waals surface area contributed by atoms with Gasteiger partial charge in [0.1, 0.15) is 5.82 Å². The van der Waals surface area contributed by atoms with Crippen LogP contribution in [0.4, 0.5) is 4.39 Å². The number of ether oxygens (including phenoxy) is 1. The Hall–Kier alpha value is -1.72. The third kappa shape index (κ3) is 6.88. The number of aromatic nitrogens is 2. The van der Waals surface area contributed by atoms with E-state index in [1.807, 2.05) is 30.8 Å². The average Bonchev–Trinajstić information content (AvgIpc) is 3.00. The Labute approximate surface area is 201 Å². The molecule has 1 aromatic heterocycles. The predicted molar refractivity (Wildman–Crippen MR) is 133 cm³/mol. The van der Waals surface area contributed by atoms with E-state index in [1.165, 1.54) is 23.4 Å². The molecule has 0 aliphatic carbocycles. The summed E-state index contributed by atoms with van der Waals surface area (Å²) in [6.45, 7) is 8.73. The molecular formula is C22H34FIN6O. The van der Waals surface area contributed by atoms with Crippen molar-refractivity contribution in [3.8, 4) is 0 Å². The van der Waals surface area contributed by atoms with Gasteiger partial charge in [-0.1, -0.05) is 12.1 Å². The van der Waals surface area contributed by atoms with Crippen LogP contribution < -0.4 is 10.6 Å². The molecule has 2 aromatic rings. The van der Waals surface area contributed by atoms with E-state index in [0.29, 0.717) is 19.8 Å². The van der Waals surface area contributed by atoms with Crippen LogP contribution in [0.15, 0.2) is 29.3 Å². The van der Waals surface area contributed by atoms with Crippen LogP contribution in [0.5, 0.6) is 0 Å². The Balaban J connectivity index is 0.00000341. The molecule has 0 amide bonds. The third-order valence-electron chi connectivity index (χ3n) is 5.75. The van der Waals surface area contributed by atoms with E-state index in [0.717, 1.165) is 43.3 Å². The molecule has 3 rings (SSSR count). The van der Waals surface area contributed by atoms with Crippen molar-refractivity contribution < 1.29 is 9.13 Å². The third-order valence-corrected chi connectivity index (χ3v) is 5.75. The molecule has 1 aliphatic rings. The average molecular weight is 544 g/mol. The SMILES string of the molecule is CN=C(NCCc1c(C)nn(C)c1C)NCC(c1ccc(F)cc1)N1CCOCC1.I. The van der Waals surface area contributed by atoms with Crippen molar-refractivity contribution in [1.29, 1.82) is 0 Å². The van der Waals surface area contributed by atoms with Gasteiger partial charge in [-0.3, -0.25) is 14.6 Å². The zero-order chi connectivity index (χ0) is 21.5. The number of nitrogens with one attached hydrogen (secondary N) is 2. The van der Waals surface area contributed by atoms with Gasteiger partial charge in [-0.05, 0) is 43.5 Å². The van der Waals surface area contributed by atoms with Crippen molar-refractivity contribution in [3.63, 3.8) is 0 Å². The highest BCUT2D eigenvalue weighted by Gasteiger charge is 2.23. The summed E-state index contributed by atoms with van der Waals surface area (Å²) < 4.78 is 20.8. The fourth-order valence-corrected chi connectivity index (χ4v) is 3.93. The number of guanidine groups is 1. The van der Waals surface area contributed by atoms with Crippen LogP contribution in [0.3, 0.4) is 0 Å². The van der Waals surface area contributed by atoms with Gasteiger partial charge in [-0.25, -0.2) is 4.39 Å². The van der Waals surface area contributed by atoms with E-state index in [9.17, 15) is 4.39 Å². The molecule has 1 atom stereocenters. The molecule has 1 fully saturated rings. The van der Waals surface area contributed by atoms with Crippen molar-refractivity contribution in [3.05, 3.63) is 52.6 Å². The number of morpholine rings is 1. The van der Waals surface area contributed by atoms with E-state index < -0.39 is 0 Å². The van der Waals surface area contributed by atoms with Crippen LogP contribution in [0, 0.1) is 19.7 Å². The summed E-state index contributed by atoms with van der Waals surface area (Å²) in [6.07, 6.45) is 0.886. The summed E-state index contributed by atoms with van der Waals surface area (Å²) in [4.78, 5) is 6.74. The molecule has 1 unspecified atom stereocenters. The molecule has 0 saturated carbocycles. The van der Waals surface area contributed by atoms with E-state index >= 15 is 0 Å². The number of rotatable bonds is 7. The summed E-state index contributed by atoms with van der Waals surface area (Å²) in [6, 6.07) is 6.89. The van der Waals surface area contributed by atoms with Crippen LogP contribution in [0.2, 0.25) is 0 Å². The molecule has 2 heterocycles. The molecule has 0 radical (unpaired) electrons. The quantitative estimate of drug-likeness (QED) is 0.319. The zero-order valence-corrected chi connectivity index (χ0v) is 21.2. The van der Waals surface area contributed by atoms with Crippen LogP contribution >= 0.6 is 24.0 Å². The topological polar surface area (TPSA) is 66.7 Å². The fourth-order valence-electron chi connectivity index (χ4n) is 3.93. The van der Waals surface area contributed by atoms with Gasteiger partial charge >= 0.3 is 0 Å². The maximum absolute atomic E-state index is 13.4.